The van der Waals surface area contributed by atoms with Crippen molar-refractivity contribution in [2.45, 2.75) is 19.3 Å². The van der Waals surface area contributed by atoms with Crippen LogP contribution in [0.5, 0.6) is 0 Å². The highest BCUT2D eigenvalue weighted by Gasteiger charge is 2.15. The maximum Gasteiger partial charge on any atom is 0.137 e. The van der Waals surface area contributed by atoms with E-state index in [-0.39, 0.29) is 0 Å². The van der Waals surface area contributed by atoms with Crippen molar-refractivity contribution in [1.29, 1.82) is 0 Å². The largest absolute Gasteiger partial charge is 0.346 e. The average molecular weight is 215 g/mol. The van der Waals surface area contributed by atoms with Gasteiger partial charge in [0, 0.05) is 17.8 Å². The van der Waals surface area contributed by atoms with Crippen LogP contribution in [0.4, 0.5) is 0 Å². The summed E-state index contributed by atoms with van der Waals surface area (Å²) in [5, 5.41) is 4.70. The van der Waals surface area contributed by atoms with Crippen LogP contribution in [-0.4, -0.2) is 23.1 Å². The number of nitrogens with zero attached hydrogens (tertiary/aromatic N) is 1. The Morgan fingerprint density at radius 3 is 3.06 bits per heavy atom. The summed E-state index contributed by atoms with van der Waals surface area (Å²) in [6.45, 7) is 2.34. The highest BCUT2D eigenvalue weighted by Crippen LogP contribution is 2.23. The third-order valence-corrected chi connectivity index (χ3v) is 3.50. The van der Waals surface area contributed by atoms with Gasteiger partial charge >= 0.3 is 0 Å². The normalized spacial score (nSPS) is 18.0. The second-order valence-electron chi connectivity index (χ2n) is 4.61. The molecule has 2 aromatic heterocycles. The van der Waals surface area contributed by atoms with E-state index in [0.29, 0.717) is 0 Å². The highest BCUT2D eigenvalue weighted by atomic mass is 14.9. The van der Waals surface area contributed by atoms with Gasteiger partial charge in [0.25, 0.3) is 0 Å². The zero-order valence-corrected chi connectivity index (χ0v) is 9.37. The monoisotopic (exact) mass is 215 g/mol. The van der Waals surface area contributed by atoms with Crippen LogP contribution in [0.25, 0.3) is 11.0 Å². The first-order chi connectivity index (χ1) is 7.93. The Hall–Kier alpha value is -1.35. The van der Waals surface area contributed by atoms with Crippen LogP contribution in [0.1, 0.15) is 18.4 Å². The Morgan fingerprint density at radius 1 is 1.31 bits per heavy atom. The summed E-state index contributed by atoms with van der Waals surface area (Å²) < 4.78 is 0. The van der Waals surface area contributed by atoms with Crippen molar-refractivity contribution in [3.05, 3.63) is 30.1 Å². The lowest BCUT2D eigenvalue weighted by Crippen LogP contribution is -2.28. The van der Waals surface area contributed by atoms with Crippen molar-refractivity contribution in [2.24, 2.45) is 5.92 Å². The molecule has 1 fully saturated rings. The van der Waals surface area contributed by atoms with Crippen LogP contribution in [0.2, 0.25) is 0 Å². The van der Waals surface area contributed by atoms with Gasteiger partial charge in [0.2, 0.25) is 0 Å². The van der Waals surface area contributed by atoms with Crippen molar-refractivity contribution >= 4 is 11.0 Å². The minimum atomic E-state index is 0.834. The number of hydrogen-bond acceptors (Lipinski definition) is 2. The zero-order chi connectivity index (χ0) is 10.8. The van der Waals surface area contributed by atoms with E-state index in [1.807, 2.05) is 12.3 Å². The molecule has 0 bridgehead atoms. The van der Waals surface area contributed by atoms with Crippen molar-refractivity contribution in [1.82, 2.24) is 15.3 Å². The lowest BCUT2D eigenvalue weighted by atomic mass is 9.91. The summed E-state index contributed by atoms with van der Waals surface area (Å²) in [5.74, 6) is 0.834. The van der Waals surface area contributed by atoms with Crippen LogP contribution in [-0.2, 0) is 6.42 Å². The molecular formula is C13H17N3. The number of piperidine rings is 1. The minimum absolute atomic E-state index is 0.834. The fraction of sp³-hybridized carbons (Fsp3) is 0.462. The molecule has 0 spiro atoms. The number of fused-ring (bicyclic) bond motifs is 1. The first kappa shape index (κ1) is 9.85. The Kier molecular flexibility index (Phi) is 2.62. The van der Waals surface area contributed by atoms with Gasteiger partial charge in [0.05, 0.1) is 0 Å². The topological polar surface area (TPSA) is 40.7 Å². The molecule has 16 heavy (non-hydrogen) atoms. The van der Waals surface area contributed by atoms with Gasteiger partial charge in [-0.2, -0.15) is 0 Å². The summed E-state index contributed by atoms with van der Waals surface area (Å²) in [7, 11) is 0. The number of rotatable bonds is 2. The Bertz CT molecular complexity index is 469. The van der Waals surface area contributed by atoms with E-state index in [4.69, 9.17) is 0 Å². The highest BCUT2D eigenvalue weighted by molar-refractivity contribution is 5.79. The molecule has 3 rings (SSSR count). The third-order valence-electron chi connectivity index (χ3n) is 3.50. The number of aromatic amines is 1. The molecular weight excluding hydrogens is 198 g/mol. The van der Waals surface area contributed by atoms with E-state index >= 15 is 0 Å². The molecule has 1 saturated heterocycles. The predicted octanol–water partition coefficient (Wildman–Crippen LogP) is 2.10. The third kappa shape index (κ3) is 1.83. The SMILES string of the molecule is c1cnc2[nH]cc(CC3CCNCC3)c2c1. The maximum absolute atomic E-state index is 4.33. The lowest BCUT2D eigenvalue weighted by molar-refractivity contribution is 0.373. The van der Waals surface area contributed by atoms with Crippen molar-refractivity contribution in [3.8, 4) is 0 Å². The molecule has 2 N–H and O–H groups in total. The smallest absolute Gasteiger partial charge is 0.137 e. The molecule has 2 aromatic rings. The van der Waals surface area contributed by atoms with Gasteiger partial charge in [0.15, 0.2) is 0 Å². The van der Waals surface area contributed by atoms with Gasteiger partial charge in [-0.25, -0.2) is 4.98 Å². The van der Waals surface area contributed by atoms with E-state index in [0.717, 1.165) is 11.6 Å². The number of pyridine rings is 1. The predicted molar refractivity (Wildman–Crippen MR) is 65.4 cm³/mol. The maximum atomic E-state index is 4.33. The molecule has 1 aliphatic heterocycles. The number of nitrogens with one attached hydrogen (secondary N) is 2. The molecule has 3 heterocycles. The lowest BCUT2D eigenvalue weighted by Gasteiger charge is -2.22. The molecule has 0 saturated carbocycles. The molecule has 84 valence electrons. The van der Waals surface area contributed by atoms with Crippen molar-refractivity contribution in [3.63, 3.8) is 0 Å². The van der Waals surface area contributed by atoms with Gasteiger partial charge in [-0.05, 0) is 56.0 Å². The standard InChI is InChI=1S/C13H17N3/c1-2-12-11(9-16-13(12)15-5-1)8-10-3-6-14-7-4-10/h1-2,5,9-10,14H,3-4,6-8H2,(H,15,16). The number of hydrogen-bond donors (Lipinski definition) is 2. The molecule has 1 aliphatic rings. The Labute approximate surface area is 95.3 Å². The van der Waals surface area contributed by atoms with E-state index < -0.39 is 0 Å². The molecule has 0 radical (unpaired) electrons. The fourth-order valence-electron chi connectivity index (χ4n) is 2.58. The van der Waals surface area contributed by atoms with E-state index in [1.165, 1.54) is 43.3 Å². The van der Waals surface area contributed by atoms with Crippen molar-refractivity contribution < 1.29 is 0 Å². The molecule has 0 aliphatic carbocycles. The summed E-state index contributed by atoms with van der Waals surface area (Å²) in [6.07, 6.45) is 7.75. The molecule has 0 unspecified atom stereocenters. The summed E-state index contributed by atoms with van der Waals surface area (Å²) in [6, 6.07) is 4.18. The fourth-order valence-corrected chi connectivity index (χ4v) is 2.58. The molecule has 0 atom stereocenters. The molecule has 3 heteroatoms. The van der Waals surface area contributed by atoms with Crippen LogP contribution in [0.3, 0.4) is 0 Å². The average Bonchev–Trinajstić information content (AvgIpc) is 2.74. The van der Waals surface area contributed by atoms with Crippen LogP contribution in [0.15, 0.2) is 24.5 Å². The summed E-state index contributed by atoms with van der Waals surface area (Å²) >= 11 is 0. The van der Waals surface area contributed by atoms with Crippen molar-refractivity contribution in [2.75, 3.05) is 13.1 Å². The van der Waals surface area contributed by atoms with E-state index in [2.05, 4.69) is 27.5 Å². The first-order valence-corrected chi connectivity index (χ1v) is 6.05. The molecule has 0 aromatic carbocycles. The Balaban J connectivity index is 1.83. The molecule has 0 amide bonds. The quantitative estimate of drug-likeness (QED) is 0.805. The van der Waals surface area contributed by atoms with Crippen LogP contribution in [0, 0.1) is 5.92 Å². The summed E-state index contributed by atoms with van der Waals surface area (Å²) in [5.41, 5.74) is 2.45. The minimum Gasteiger partial charge on any atom is -0.346 e. The van der Waals surface area contributed by atoms with Gasteiger partial charge in [-0.3, -0.25) is 0 Å². The van der Waals surface area contributed by atoms with Crippen LogP contribution < -0.4 is 5.32 Å². The number of aromatic nitrogens is 2. The van der Waals surface area contributed by atoms with E-state index in [1.54, 1.807) is 0 Å². The van der Waals surface area contributed by atoms with Gasteiger partial charge < -0.3 is 10.3 Å². The van der Waals surface area contributed by atoms with E-state index in [9.17, 15) is 0 Å². The second-order valence-corrected chi connectivity index (χ2v) is 4.61. The summed E-state index contributed by atoms with van der Waals surface area (Å²) in [4.78, 5) is 7.58. The van der Waals surface area contributed by atoms with Gasteiger partial charge in [-0.1, -0.05) is 0 Å². The molecule has 3 nitrogen and oxygen atoms in total. The second kappa shape index (κ2) is 4.26. The van der Waals surface area contributed by atoms with Gasteiger partial charge in [0.1, 0.15) is 5.65 Å². The van der Waals surface area contributed by atoms with Gasteiger partial charge in [-0.15, -0.1) is 0 Å². The number of H-pyrrole nitrogens is 1. The zero-order valence-electron chi connectivity index (χ0n) is 9.37. The van der Waals surface area contributed by atoms with Crippen LogP contribution >= 0.6 is 0 Å². The Morgan fingerprint density at radius 2 is 2.19 bits per heavy atom. The first-order valence-electron chi connectivity index (χ1n) is 6.05.